The van der Waals surface area contributed by atoms with E-state index in [2.05, 4.69) is 0 Å². The molecular formula is H6Li2Na4. The van der Waals surface area contributed by atoms with Crippen molar-refractivity contribution in [3.05, 3.63) is 0 Å². The normalized spacial score (nSPS) is 0. The third kappa shape index (κ3) is 22.9. The van der Waals surface area contributed by atoms with Crippen LogP contribution >= 0.6 is 0 Å². The molecule has 0 saturated heterocycles. The number of hydrogen-bond acceptors (Lipinski definition) is 0. The Labute approximate surface area is 152 Å². The Morgan fingerprint density at radius 2 is 0.333 bits per heavy atom. The molecule has 0 rings (SSSR count). The first-order chi connectivity index (χ1) is 0. The van der Waals surface area contributed by atoms with Crippen LogP contribution in [0, 0.1) is 0 Å². The summed E-state index contributed by atoms with van der Waals surface area (Å²) in [5.74, 6) is 0. The average molecular weight is 112 g/mol. The maximum atomic E-state index is 0. The fourth-order valence-electron chi connectivity index (χ4n) is 0. The summed E-state index contributed by atoms with van der Waals surface area (Å²) in [6.45, 7) is 0. The Morgan fingerprint density at radius 1 is 0.333 bits per heavy atom. The van der Waals surface area contributed by atoms with E-state index < -0.39 is 0 Å². The van der Waals surface area contributed by atoms with E-state index in [1.807, 2.05) is 0 Å². The summed E-state index contributed by atoms with van der Waals surface area (Å²) in [4.78, 5) is 0. The van der Waals surface area contributed by atoms with Crippen LogP contribution in [0.1, 0.15) is 0 Å². The quantitative estimate of drug-likeness (QED) is 0.281. The Kier molecular flexibility index (Phi) is 230. The van der Waals surface area contributed by atoms with Gasteiger partial charge >= 0.3 is 156 Å². The molecule has 0 heterocycles. The molecule has 6 heteroatoms. The molecule has 0 radical (unpaired) electrons. The van der Waals surface area contributed by atoms with Crippen molar-refractivity contribution in [1.82, 2.24) is 0 Å². The first kappa shape index (κ1) is 43.1. The zero-order chi connectivity index (χ0) is 0. The van der Waals surface area contributed by atoms with Crippen molar-refractivity contribution in [2.24, 2.45) is 0 Å². The Morgan fingerprint density at radius 3 is 0.333 bits per heavy atom. The summed E-state index contributed by atoms with van der Waals surface area (Å²) >= 11 is 0. The van der Waals surface area contributed by atoms with Gasteiger partial charge in [-0.3, -0.25) is 0 Å². The van der Waals surface area contributed by atoms with Crippen LogP contribution in [0.4, 0.5) is 0 Å². The van der Waals surface area contributed by atoms with E-state index in [-0.39, 0.29) is 156 Å². The molecule has 6 heavy (non-hydrogen) atoms. The molecule has 0 aliphatic heterocycles. The van der Waals surface area contributed by atoms with Gasteiger partial charge in [-0.15, -0.1) is 0 Å². The number of rotatable bonds is 0. The Balaban J connectivity index is 0. The van der Waals surface area contributed by atoms with Crippen LogP contribution in [-0.4, -0.2) is 156 Å². The second kappa shape index (κ2) is 31.9. The maximum absolute atomic E-state index is 0. The molecule has 0 saturated carbocycles. The Bertz CT molecular complexity index is 5.51. The van der Waals surface area contributed by atoms with Gasteiger partial charge in [0.05, 0.1) is 0 Å². The first-order valence-electron chi connectivity index (χ1n) is 0. The summed E-state index contributed by atoms with van der Waals surface area (Å²) in [6.07, 6.45) is 0. The van der Waals surface area contributed by atoms with Crippen molar-refractivity contribution in [3.8, 4) is 0 Å². The van der Waals surface area contributed by atoms with Gasteiger partial charge in [-0.2, -0.15) is 0 Å². The summed E-state index contributed by atoms with van der Waals surface area (Å²) < 4.78 is 0. The van der Waals surface area contributed by atoms with Gasteiger partial charge in [-0.25, -0.2) is 0 Å². The van der Waals surface area contributed by atoms with E-state index in [9.17, 15) is 0 Å². The topological polar surface area (TPSA) is 0 Å². The molecule has 0 fully saturated rings. The first-order valence-corrected chi connectivity index (χ1v) is 0. The molecule has 0 spiro atoms. The summed E-state index contributed by atoms with van der Waals surface area (Å²) in [6, 6.07) is 0. The van der Waals surface area contributed by atoms with Gasteiger partial charge in [-0.1, -0.05) is 0 Å². The van der Waals surface area contributed by atoms with Crippen LogP contribution in [-0.2, 0) is 0 Å². The predicted molar refractivity (Wildman–Crippen MR) is 42.9 cm³/mol. The van der Waals surface area contributed by atoms with Crippen molar-refractivity contribution in [3.63, 3.8) is 0 Å². The molecule has 0 aromatic rings. The molecule has 0 nitrogen and oxygen atoms in total. The zero-order valence-electron chi connectivity index (χ0n) is 0. The molecule has 0 unspecified atom stereocenters. The van der Waals surface area contributed by atoms with Crippen LogP contribution in [0.5, 0.6) is 0 Å². The predicted octanol–water partition coefficient (Wildman–Crippen LogP) is -3.89. The number of hydrogen-bond donors (Lipinski definition) is 0. The van der Waals surface area contributed by atoms with E-state index >= 15 is 0 Å². The van der Waals surface area contributed by atoms with Crippen molar-refractivity contribution >= 4 is 156 Å². The summed E-state index contributed by atoms with van der Waals surface area (Å²) in [7, 11) is 0. The van der Waals surface area contributed by atoms with Crippen molar-refractivity contribution < 1.29 is 0 Å². The van der Waals surface area contributed by atoms with Gasteiger partial charge in [0.2, 0.25) is 0 Å². The monoisotopic (exact) mass is 112 g/mol. The molecule has 0 aliphatic carbocycles. The van der Waals surface area contributed by atoms with Crippen molar-refractivity contribution in [1.29, 1.82) is 0 Å². The van der Waals surface area contributed by atoms with Gasteiger partial charge in [-0.05, 0) is 0 Å². The Hall–Kier alpha value is 5.19. The molecule has 0 aliphatic rings. The second-order valence-electron chi connectivity index (χ2n) is 0. The molecule has 0 bridgehead atoms. The summed E-state index contributed by atoms with van der Waals surface area (Å²) in [5.41, 5.74) is 0. The average Bonchev–Trinajstić information content (AvgIpc) is 0. The standard InChI is InChI=1S/2Li.4Na.6H. The van der Waals surface area contributed by atoms with E-state index in [1.165, 1.54) is 0 Å². The van der Waals surface area contributed by atoms with Crippen LogP contribution in [0.3, 0.4) is 0 Å². The molecule has 12 valence electrons. The molecule has 0 N–H and O–H groups in total. The van der Waals surface area contributed by atoms with E-state index in [1.54, 1.807) is 0 Å². The third-order valence-electron chi connectivity index (χ3n) is 0. The third-order valence-corrected chi connectivity index (χ3v) is 0. The minimum absolute atomic E-state index is 0. The SMILES string of the molecule is [LiH].[LiH].[NaH].[NaH].[NaH].[NaH]. The van der Waals surface area contributed by atoms with E-state index in [4.69, 9.17) is 0 Å². The van der Waals surface area contributed by atoms with Crippen LogP contribution < -0.4 is 0 Å². The van der Waals surface area contributed by atoms with E-state index in [0.29, 0.717) is 0 Å². The second-order valence-corrected chi connectivity index (χ2v) is 0. The van der Waals surface area contributed by atoms with Gasteiger partial charge in [0, 0.05) is 0 Å². The van der Waals surface area contributed by atoms with Gasteiger partial charge < -0.3 is 0 Å². The van der Waals surface area contributed by atoms with Crippen LogP contribution in [0.2, 0.25) is 0 Å². The molecular weight excluding hydrogens is 106 g/mol. The molecule has 0 amide bonds. The zero-order valence-corrected chi connectivity index (χ0v) is 0. The van der Waals surface area contributed by atoms with Crippen LogP contribution in [0.25, 0.3) is 0 Å². The molecule has 0 aromatic carbocycles. The minimum atomic E-state index is 0. The van der Waals surface area contributed by atoms with Crippen molar-refractivity contribution in [2.75, 3.05) is 0 Å². The van der Waals surface area contributed by atoms with Crippen molar-refractivity contribution in [2.45, 2.75) is 0 Å². The van der Waals surface area contributed by atoms with Crippen LogP contribution in [0.15, 0.2) is 0 Å². The fourth-order valence-corrected chi connectivity index (χ4v) is 0. The van der Waals surface area contributed by atoms with Gasteiger partial charge in [0.15, 0.2) is 0 Å². The summed E-state index contributed by atoms with van der Waals surface area (Å²) in [5, 5.41) is 0. The molecule has 0 aromatic heterocycles. The van der Waals surface area contributed by atoms with Gasteiger partial charge in [0.1, 0.15) is 0 Å². The van der Waals surface area contributed by atoms with E-state index in [0.717, 1.165) is 0 Å². The van der Waals surface area contributed by atoms with Gasteiger partial charge in [0.25, 0.3) is 0 Å². The fraction of sp³-hybridized carbons (Fsp3) is 0. The molecule has 0 atom stereocenters.